The lowest BCUT2D eigenvalue weighted by molar-refractivity contribution is 0.0945. The Kier molecular flexibility index (Phi) is 4.67. The van der Waals surface area contributed by atoms with Crippen LogP contribution in [0.5, 0.6) is 0 Å². The number of carbonyl (C=O) groups excluding carboxylic acids is 1. The molecule has 0 unspecified atom stereocenters. The molecule has 6 nitrogen and oxygen atoms in total. The predicted octanol–water partition coefficient (Wildman–Crippen LogP) is 2.43. The molecule has 0 aliphatic carbocycles. The van der Waals surface area contributed by atoms with Crippen LogP contribution < -0.4 is 5.32 Å². The summed E-state index contributed by atoms with van der Waals surface area (Å²) in [5.74, 6) is 0.483. The van der Waals surface area contributed by atoms with E-state index in [9.17, 15) is 4.79 Å². The van der Waals surface area contributed by atoms with E-state index in [0.29, 0.717) is 11.3 Å². The van der Waals surface area contributed by atoms with Gasteiger partial charge in [-0.25, -0.2) is 0 Å². The van der Waals surface area contributed by atoms with Gasteiger partial charge in [-0.2, -0.15) is 0 Å². The van der Waals surface area contributed by atoms with Crippen molar-refractivity contribution in [2.75, 3.05) is 13.2 Å². The fourth-order valence-electron chi connectivity index (χ4n) is 2.47. The summed E-state index contributed by atoms with van der Waals surface area (Å²) >= 11 is 0. The Morgan fingerprint density at radius 1 is 1.21 bits per heavy atom. The highest BCUT2D eigenvalue weighted by Crippen LogP contribution is 2.33. The molecule has 1 aromatic carbocycles. The van der Waals surface area contributed by atoms with Crippen LogP contribution in [0.15, 0.2) is 53.3 Å². The second-order valence-electron chi connectivity index (χ2n) is 5.26. The third-order valence-corrected chi connectivity index (χ3v) is 3.63. The Hall–Kier alpha value is -2.99. The summed E-state index contributed by atoms with van der Waals surface area (Å²) < 4.78 is 5.35. The van der Waals surface area contributed by atoms with Gasteiger partial charge in [-0.05, 0) is 36.8 Å². The number of aromatic nitrogens is 2. The lowest BCUT2D eigenvalue weighted by atomic mass is 9.99. The van der Waals surface area contributed by atoms with E-state index in [1.807, 2.05) is 31.2 Å². The maximum Gasteiger partial charge on any atom is 0.251 e. The van der Waals surface area contributed by atoms with Gasteiger partial charge in [-0.3, -0.25) is 9.78 Å². The predicted molar refractivity (Wildman–Crippen MR) is 89.3 cm³/mol. The number of nitrogens with zero attached hydrogens (tertiary/aromatic N) is 2. The first-order chi connectivity index (χ1) is 11.7. The van der Waals surface area contributed by atoms with Gasteiger partial charge < -0.3 is 14.9 Å². The van der Waals surface area contributed by atoms with Gasteiger partial charge in [0.2, 0.25) is 0 Å². The largest absolute Gasteiger partial charge is 0.395 e. The number of carbonyl (C=O) groups is 1. The van der Waals surface area contributed by atoms with Crippen molar-refractivity contribution in [3.05, 3.63) is 60.1 Å². The highest BCUT2D eigenvalue weighted by Gasteiger charge is 2.17. The number of benzene rings is 1. The minimum absolute atomic E-state index is 0.0851. The van der Waals surface area contributed by atoms with E-state index in [1.54, 1.807) is 24.5 Å². The molecule has 0 aliphatic rings. The van der Waals surface area contributed by atoms with E-state index < -0.39 is 0 Å². The van der Waals surface area contributed by atoms with Crippen molar-refractivity contribution >= 4 is 5.91 Å². The van der Waals surface area contributed by atoms with Crippen LogP contribution in [0, 0.1) is 6.92 Å². The first kappa shape index (κ1) is 15.9. The van der Waals surface area contributed by atoms with Crippen LogP contribution in [-0.2, 0) is 0 Å². The molecule has 3 rings (SSSR count). The topological polar surface area (TPSA) is 88.2 Å². The Labute approximate surface area is 139 Å². The van der Waals surface area contributed by atoms with Crippen LogP contribution in [-0.4, -0.2) is 34.3 Å². The molecule has 2 aromatic heterocycles. The van der Waals surface area contributed by atoms with Crippen LogP contribution in [0.4, 0.5) is 0 Å². The summed E-state index contributed by atoms with van der Waals surface area (Å²) in [6.45, 7) is 2.00. The highest BCUT2D eigenvalue weighted by atomic mass is 16.5. The maximum absolute atomic E-state index is 11.9. The van der Waals surface area contributed by atoms with Gasteiger partial charge in [0.1, 0.15) is 11.5 Å². The fourth-order valence-corrected chi connectivity index (χ4v) is 2.47. The van der Waals surface area contributed by atoms with E-state index >= 15 is 0 Å². The molecule has 2 heterocycles. The Bertz CT molecular complexity index is 826. The molecular weight excluding hydrogens is 306 g/mol. The zero-order valence-corrected chi connectivity index (χ0v) is 13.2. The number of rotatable bonds is 5. The molecule has 3 aromatic rings. The molecule has 6 heteroatoms. The molecule has 24 heavy (non-hydrogen) atoms. The Balaban J connectivity index is 1.93. The second kappa shape index (κ2) is 7.06. The molecule has 0 saturated heterocycles. The maximum atomic E-state index is 11.9. The van der Waals surface area contributed by atoms with Gasteiger partial charge >= 0.3 is 0 Å². The molecule has 0 fully saturated rings. The molecule has 0 saturated carbocycles. The number of aryl methyl sites for hydroxylation is 1. The molecule has 2 N–H and O–H groups in total. The average Bonchev–Trinajstić information content (AvgIpc) is 3.02. The third-order valence-electron chi connectivity index (χ3n) is 3.63. The van der Waals surface area contributed by atoms with E-state index in [4.69, 9.17) is 9.63 Å². The number of aliphatic hydroxyl groups is 1. The third kappa shape index (κ3) is 3.18. The Morgan fingerprint density at radius 3 is 2.67 bits per heavy atom. The normalized spacial score (nSPS) is 10.6. The molecular formula is C18H17N3O3. The number of amides is 1. The second-order valence-corrected chi connectivity index (χ2v) is 5.26. The summed E-state index contributed by atoms with van der Waals surface area (Å²) in [6, 6.07) is 11.0. The van der Waals surface area contributed by atoms with Crippen LogP contribution in [0.25, 0.3) is 22.4 Å². The molecule has 1 amide bonds. The van der Waals surface area contributed by atoms with Crippen LogP contribution in [0.1, 0.15) is 16.1 Å². The quantitative estimate of drug-likeness (QED) is 0.753. The van der Waals surface area contributed by atoms with Gasteiger partial charge in [0, 0.05) is 30.1 Å². The van der Waals surface area contributed by atoms with E-state index in [-0.39, 0.29) is 19.1 Å². The first-order valence-electron chi connectivity index (χ1n) is 7.57. The highest BCUT2D eigenvalue weighted by molar-refractivity contribution is 5.95. The van der Waals surface area contributed by atoms with E-state index in [1.165, 1.54) is 0 Å². The minimum Gasteiger partial charge on any atom is -0.395 e. The summed E-state index contributed by atoms with van der Waals surface area (Å²) in [7, 11) is 0. The van der Waals surface area contributed by atoms with Gasteiger partial charge in [0.15, 0.2) is 0 Å². The molecule has 0 bridgehead atoms. The standard InChI is InChI=1S/C18H17N3O3/c1-12-16(17(21-24-12)15-3-2-8-19-11-15)13-4-6-14(7-5-13)18(23)20-9-10-22/h2-8,11,22H,9-10H2,1H3,(H,20,23). The number of nitrogens with one attached hydrogen (secondary N) is 1. The summed E-state index contributed by atoms with van der Waals surface area (Å²) in [6.07, 6.45) is 3.44. The van der Waals surface area contributed by atoms with E-state index in [2.05, 4.69) is 15.5 Å². The zero-order chi connectivity index (χ0) is 16.9. The summed E-state index contributed by atoms with van der Waals surface area (Å²) in [5.41, 5.74) is 3.91. The van der Waals surface area contributed by atoms with E-state index in [0.717, 1.165) is 22.4 Å². The summed E-state index contributed by atoms with van der Waals surface area (Å²) in [4.78, 5) is 16.0. The average molecular weight is 323 g/mol. The van der Waals surface area contributed by atoms with Gasteiger partial charge in [-0.15, -0.1) is 0 Å². The fraction of sp³-hybridized carbons (Fsp3) is 0.167. The number of pyridine rings is 1. The monoisotopic (exact) mass is 323 g/mol. The Morgan fingerprint density at radius 2 is 2.00 bits per heavy atom. The van der Waals surface area contributed by atoms with Crippen molar-refractivity contribution in [2.24, 2.45) is 0 Å². The SMILES string of the molecule is Cc1onc(-c2cccnc2)c1-c1ccc(C(=O)NCCO)cc1. The summed E-state index contributed by atoms with van der Waals surface area (Å²) in [5, 5.41) is 15.5. The van der Waals surface area contributed by atoms with Crippen molar-refractivity contribution in [1.29, 1.82) is 0 Å². The van der Waals surface area contributed by atoms with Crippen LogP contribution in [0.3, 0.4) is 0 Å². The van der Waals surface area contributed by atoms with Gasteiger partial charge in [0.25, 0.3) is 5.91 Å². The molecule has 0 radical (unpaired) electrons. The van der Waals surface area contributed by atoms with Crippen LogP contribution >= 0.6 is 0 Å². The smallest absolute Gasteiger partial charge is 0.251 e. The first-order valence-corrected chi connectivity index (χ1v) is 7.57. The van der Waals surface area contributed by atoms with Crippen LogP contribution in [0.2, 0.25) is 0 Å². The van der Waals surface area contributed by atoms with Crippen molar-refractivity contribution in [2.45, 2.75) is 6.92 Å². The molecule has 0 spiro atoms. The number of hydrogen-bond acceptors (Lipinski definition) is 5. The molecule has 122 valence electrons. The van der Waals surface area contributed by atoms with Crippen molar-refractivity contribution in [1.82, 2.24) is 15.5 Å². The number of hydrogen-bond donors (Lipinski definition) is 2. The molecule has 0 atom stereocenters. The van der Waals surface area contributed by atoms with Gasteiger partial charge in [0.05, 0.1) is 12.2 Å². The molecule has 0 aliphatic heterocycles. The minimum atomic E-state index is -0.217. The van der Waals surface area contributed by atoms with Crippen molar-refractivity contribution < 1.29 is 14.4 Å². The lowest BCUT2D eigenvalue weighted by Gasteiger charge is -2.06. The van der Waals surface area contributed by atoms with Gasteiger partial charge in [-0.1, -0.05) is 17.3 Å². The zero-order valence-electron chi connectivity index (χ0n) is 13.2. The van der Waals surface area contributed by atoms with Crippen molar-refractivity contribution in [3.8, 4) is 22.4 Å². The van der Waals surface area contributed by atoms with Crippen molar-refractivity contribution in [3.63, 3.8) is 0 Å². The number of aliphatic hydroxyl groups excluding tert-OH is 1. The lowest BCUT2D eigenvalue weighted by Crippen LogP contribution is -2.26.